The molecule has 11 nitrogen and oxygen atoms in total. The fourth-order valence-electron chi connectivity index (χ4n) is 3.10. The zero-order valence-electron chi connectivity index (χ0n) is 17.7. The summed E-state index contributed by atoms with van der Waals surface area (Å²) in [5.41, 5.74) is -2.35. The lowest BCUT2D eigenvalue weighted by molar-refractivity contribution is -0.395. The molecule has 0 aliphatic heterocycles. The average molecular weight is 506 g/mol. The van der Waals surface area contributed by atoms with Crippen LogP contribution in [0.3, 0.4) is 0 Å². The van der Waals surface area contributed by atoms with E-state index in [9.17, 15) is 33.4 Å². The quantitative estimate of drug-likeness (QED) is 0.336. The number of halogens is 1. The Morgan fingerprint density at radius 2 is 1.44 bits per heavy atom. The minimum Gasteiger partial charge on any atom is -0.497 e. The van der Waals surface area contributed by atoms with E-state index in [4.69, 9.17) is 16.3 Å². The number of ether oxygens (including phenoxy) is 1. The highest BCUT2D eigenvalue weighted by molar-refractivity contribution is 7.93. The van der Waals surface area contributed by atoms with Gasteiger partial charge in [-0.2, -0.15) is 4.31 Å². The minimum atomic E-state index is -4.57. The van der Waals surface area contributed by atoms with Gasteiger partial charge in [0.2, 0.25) is 0 Å². The van der Waals surface area contributed by atoms with Gasteiger partial charge in [0.05, 0.1) is 33.1 Å². The van der Waals surface area contributed by atoms with Crippen LogP contribution in [0.2, 0.25) is 5.02 Å². The van der Waals surface area contributed by atoms with Crippen molar-refractivity contribution in [1.82, 2.24) is 0 Å². The van der Waals surface area contributed by atoms with Crippen LogP contribution in [0.5, 0.6) is 5.75 Å². The van der Waals surface area contributed by atoms with Crippen LogP contribution >= 0.6 is 11.6 Å². The van der Waals surface area contributed by atoms with E-state index in [0.29, 0.717) is 10.1 Å². The van der Waals surface area contributed by atoms with Gasteiger partial charge in [-0.15, -0.1) is 0 Å². The Morgan fingerprint density at radius 1 is 0.941 bits per heavy atom. The first-order valence-electron chi connectivity index (χ1n) is 9.40. The molecular weight excluding hydrogens is 490 g/mol. The molecule has 34 heavy (non-hydrogen) atoms. The highest BCUT2D eigenvalue weighted by atomic mass is 35.5. The number of carbonyl (C=O) groups is 1. The third kappa shape index (κ3) is 4.67. The number of amides is 1. The fraction of sp³-hybridized carbons (Fsp3) is 0.0952. The van der Waals surface area contributed by atoms with Crippen LogP contribution in [-0.2, 0) is 10.0 Å². The molecule has 0 unspecified atom stereocenters. The molecule has 1 amide bonds. The number of methoxy groups -OCH3 is 1. The molecule has 0 atom stereocenters. The zero-order chi connectivity index (χ0) is 25.2. The van der Waals surface area contributed by atoms with Gasteiger partial charge in [-0.25, -0.2) is 8.42 Å². The largest absolute Gasteiger partial charge is 0.497 e. The van der Waals surface area contributed by atoms with E-state index >= 15 is 0 Å². The second-order valence-electron chi connectivity index (χ2n) is 6.88. The normalized spacial score (nSPS) is 11.0. The second-order valence-corrected chi connectivity index (χ2v) is 9.10. The molecule has 0 saturated carbocycles. The Kier molecular flexibility index (Phi) is 6.84. The van der Waals surface area contributed by atoms with Gasteiger partial charge in [0, 0.05) is 17.2 Å². The maximum atomic E-state index is 13.5. The highest BCUT2D eigenvalue weighted by Gasteiger charge is 2.35. The van der Waals surface area contributed by atoms with Crippen molar-refractivity contribution in [2.24, 2.45) is 0 Å². The number of nitrogens with zero attached hydrogens (tertiary/aromatic N) is 3. The number of carbonyl (C=O) groups excluding carboxylic acids is 1. The van der Waals surface area contributed by atoms with E-state index < -0.39 is 42.7 Å². The van der Waals surface area contributed by atoms with Crippen molar-refractivity contribution in [3.63, 3.8) is 0 Å². The number of rotatable bonds is 7. The minimum absolute atomic E-state index is 0.119. The van der Waals surface area contributed by atoms with Crippen LogP contribution in [0, 0.1) is 27.2 Å². The first-order valence-corrected chi connectivity index (χ1v) is 11.2. The summed E-state index contributed by atoms with van der Waals surface area (Å²) < 4.78 is 32.4. The van der Waals surface area contributed by atoms with Crippen molar-refractivity contribution < 1.29 is 27.8 Å². The third-order valence-electron chi connectivity index (χ3n) is 4.84. The monoisotopic (exact) mass is 505 g/mol. The van der Waals surface area contributed by atoms with Crippen molar-refractivity contribution in [1.29, 1.82) is 0 Å². The lowest BCUT2D eigenvalue weighted by Gasteiger charge is -2.23. The standard InChI is InChI=1S/C21H16ClN3O8S/c1-13-19(24(27)28)11-14(12-20(13)25(29)30)21(26)23(16-5-7-17(33-2)8-6-16)34(31,32)18-9-3-15(22)4-10-18/h3-12H,1-2H3. The van der Waals surface area contributed by atoms with E-state index in [1.165, 1.54) is 55.6 Å². The Balaban J connectivity index is 2.26. The molecule has 0 radical (unpaired) electrons. The fourth-order valence-corrected chi connectivity index (χ4v) is 4.64. The first kappa shape index (κ1) is 24.6. The molecule has 3 aromatic carbocycles. The Bertz CT molecular complexity index is 1360. The summed E-state index contributed by atoms with van der Waals surface area (Å²) in [7, 11) is -3.17. The van der Waals surface area contributed by atoms with E-state index in [-0.39, 0.29) is 21.2 Å². The summed E-state index contributed by atoms with van der Waals surface area (Å²) in [5.74, 6) is -0.854. The maximum absolute atomic E-state index is 13.5. The summed E-state index contributed by atoms with van der Waals surface area (Å²) in [6.45, 7) is 1.16. The van der Waals surface area contributed by atoms with Gasteiger partial charge < -0.3 is 4.74 Å². The molecule has 0 bridgehead atoms. The smallest absolute Gasteiger partial charge is 0.279 e. The molecule has 0 fully saturated rings. The molecule has 0 aliphatic carbocycles. The van der Waals surface area contributed by atoms with E-state index in [1.807, 2.05) is 0 Å². The predicted molar refractivity (Wildman–Crippen MR) is 123 cm³/mol. The molecule has 0 spiro atoms. The number of anilines is 1. The predicted octanol–water partition coefficient (Wildman–Crippen LogP) is 4.51. The Morgan fingerprint density at radius 3 is 1.88 bits per heavy atom. The molecule has 0 aromatic heterocycles. The van der Waals surface area contributed by atoms with E-state index in [1.54, 1.807) is 0 Å². The zero-order valence-corrected chi connectivity index (χ0v) is 19.2. The molecule has 0 heterocycles. The molecule has 3 rings (SSSR count). The molecule has 0 N–H and O–H groups in total. The van der Waals surface area contributed by atoms with Gasteiger partial charge in [0.25, 0.3) is 27.3 Å². The molecule has 3 aromatic rings. The van der Waals surface area contributed by atoms with Crippen molar-refractivity contribution in [3.05, 3.63) is 97.0 Å². The first-order chi connectivity index (χ1) is 16.0. The maximum Gasteiger partial charge on any atom is 0.279 e. The van der Waals surface area contributed by atoms with E-state index in [0.717, 1.165) is 19.1 Å². The molecule has 13 heteroatoms. The summed E-state index contributed by atoms with van der Waals surface area (Å²) in [4.78, 5) is 34.3. The number of benzene rings is 3. The summed E-state index contributed by atoms with van der Waals surface area (Å²) in [6.07, 6.45) is 0. The SMILES string of the molecule is COc1ccc(N(C(=O)c2cc([N+](=O)[O-])c(C)c([N+](=O)[O-])c2)S(=O)(=O)c2ccc(Cl)cc2)cc1. The number of hydrogen-bond donors (Lipinski definition) is 0. The van der Waals surface area contributed by atoms with Crippen LogP contribution in [0.25, 0.3) is 0 Å². The summed E-state index contributed by atoms with van der Waals surface area (Å²) >= 11 is 5.84. The average Bonchev–Trinajstić information content (AvgIpc) is 2.79. The Labute approximate surface area is 198 Å². The van der Waals surface area contributed by atoms with Crippen LogP contribution in [-0.4, -0.2) is 31.3 Å². The molecule has 0 saturated heterocycles. The van der Waals surface area contributed by atoms with Crippen molar-refractivity contribution >= 4 is 44.6 Å². The number of sulfonamides is 1. The lowest BCUT2D eigenvalue weighted by atomic mass is 10.1. The summed E-state index contributed by atoms with van der Waals surface area (Å²) in [6, 6.07) is 12.0. The van der Waals surface area contributed by atoms with Crippen LogP contribution < -0.4 is 9.04 Å². The topological polar surface area (TPSA) is 150 Å². The summed E-state index contributed by atoms with van der Waals surface area (Å²) in [5, 5.41) is 23.1. The molecular formula is C21H16ClN3O8S. The number of hydrogen-bond acceptors (Lipinski definition) is 8. The van der Waals surface area contributed by atoms with Gasteiger partial charge in [0.15, 0.2) is 0 Å². The number of nitro benzene ring substituents is 2. The molecule has 0 aliphatic rings. The lowest BCUT2D eigenvalue weighted by Crippen LogP contribution is -2.37. The van der Waals surface area contributed by atoms with Gasteiger partial charge >= 0.3 is 0 Å². The highest BCUT2D eigenvalue weighted by Crippen LogP contribution is 2.33. The van der Waals surface area contributed by atoms with Crippen LogP contribution in [0.15, 0.2) is 65.6 Å². The van der Waals surface area contributed by atoms with Gasteiger partial charge in [-0.1, -0.05) is 11.6 Å². The van der Waals surface area contributed by atoms with Crippen LogP contribution in [0.4, 0.5) is 17.1 Å². The van der Waals surface area contributed by atoms with Gasteiger partial charge in [0.1, 0.15) is 11.3 Å². The van der Waals surface area contributed by atoms with Crippen molar-refractivity contribution in [2.45, 2.75) is 11.8 Å². The van der Waals surface area contributed by atoms with Gasteiger partial charge in [-0.3, -0.25) is 25.0 Å². The Hall–Kier alpha value is -4.03. The number of nitro groups is 2. The second kappa shape index (κ2) is 9.45. The van der Waals surface area contributed by atoms with E-state index in [2.05, 4.69) is 0 Å². The van der Waals surface area contributed by atoms with Gasteiger partial charge in [-0.05, 0) is 55.5 Å². The third-order valence-corrected chi connectivity index (χ3v) is 6.81. The molecule has 176 valence electrons. The van der Waals surface area contributed by atoms with Crippen molar-refractivity contribution in [2.75, 3.05) is 11.4 Å². The van der Waals surface area contributed by atoms with Crippen LogP contribution in [0.1, 0.15) is 15.9 Å². The van der Waals surface area contributed by atoms with Crippen molar-refractivity contribution in [3.8, 4) is 5.75 Å².